The first kappa shape index (κ1) is 11.9. The lowest BCUT2D eigenvalue weighted by Crippen LogP contribution is -2.17. The highest BCUT2D eigenvalue weighted by atomic mass is 35.5. The topological polar surface area (TPSA) is 66.4 Å². The maximum atomic E-state index is 13.3. The van der Waals surface area contributed by atoms with E-state index in [1.54, 1.807) is 0 Å². The van der Waals surface area contributed by atoms with Crippen LogP contribution in [-0.2, 0) is 9.59 Å². The Hall–Kier alpha value is -1.62. The molecule has 0 radical (unpaired) electrons. The maximum Gasteiger partial charge on any atom is 0.307 e. The van der Waals surface area contributed by atoms with Gasteiger partial charge in [0.1, 0.15) is 5.82 Å². The van der Waals surface area contributed by atoms with Crippen LogP contribution < -0.4 is 5.32 Å². The smallest absolute Gasteiger partial charge is 0.307 e. The fraction of sp³-hybridized carbons (Fsp3) is 0.273. The van der Waals surface area contributed by atoms with E-state index < -0.39 is 29.5 Å². The summed E-state index contributed by atoms with van der Waals surface area (Å²) in [6, 6.07) is 3.79. The van der Waals surface area contributed by atoms with Crippen LogP contribution in [0.2, 0.25) is 5.02 Å². The molecule has 4 nitrogen and oxygen atoms in total. The zero-order chi connectivity index (χ0) is 12.6. The molecule has 1 saturated carbocycles. The Morgan fingerprint density at radius 2 is 2.12 bits per heavy atom. The number of hydrogen-bond donors (Lipinski definition) is 2. The minimum absolute atomic E-state index is 0.0291. The van der Waals surface area contributed by atoms with E-state index in [-0.39, 0.29) is 5.69 Å². The summed E-state index contributed by atoms with van der Waals surface area (Å²) >= 11 is 5.66. The molecular weight excluding hydrogens is 249 g/mol. The van der Waals surface area contributed by atoms with E-state index in [0.29, 0.717) is 11.4 Å². The van der Waals surface area contributed by atoms with Gasteiger partial charge in [0.05, 0.1) is 17.5 Å². The number of nitrogens with one attached hydrogen (secondary N) is 1. The van der Waals surface area contributed by atoms with E-state index >= 15 is 0 Å². The largest absolute Gasteiger partial charge is 0.481 e. The summed E-state index contributed by atoms with van der Waals surface area (Å²) in [6.07, 6.45) is 0.295. The Kier molecular flexibility index (Phi) is 3.02. The van der Waals surface area contributed by atoms with E-state index in [1.807, 2.05) is 0 Å². The third kappa shape index (κ3) is 2.55. The molecule has 1 aromatic carbocycles. The first-order valence-corrected chi connectivity index (χ1v) is 5.35. The minimum atomic E-state index is -1.00. The van der Waals surface area contributed by atoms with Crippen molar-refractivity contribution in [1.29, 1.82) is 0 Å². The van der Waals surface area contributed by atoms with Crippen molar-refractivity contribution in [2.24, 2.45) is 11.8 Å². The Bertz CT molecular complexity index is 492. The lowest BCUT2D eigenvalue weighted by Gasteiger charge is -2.05. The number of benzene rings is 1. The summed E-state index contributed by atoms with van der Waals surface area (Å²) in [5.41, 5.74) is -0.0291. The van der Waals surface area contributed by atoms with E-state index in [0.717, 1.165) is 6.07 Å². The van der Waals surface area contributed by atoms with Crippen molar-refractivity contribution >= 4 is 29.2 Å². The van der Waals surface area contributed by atoms with Gasteiger partial charge in [0.15, 0.2) is 0 Å². The molecule has 0 unspecified atom stereocenters. The number of carbonyl (C=O) groups is 2. The van der Waals surface area contributed by atoms with E-state index in [4.69, 9.17) is 16.7 Å². The van der Waals surface area contributed by atoms with Gasteiger partial charge in [0.25, 0.3) is 0 Å². The molecule has 1 aliphatic rings. The molecule has 17 heavy (non-hydrogen) atoms. The second-order valence-corrected chi connectivity index (χ2v) is 4.34. The third-order valence-corrected chi connectivity index (χ3v) is 2.87. The highest BCUT2D eigenvalue weighted by Gasteiger charge is 2.48. The van der Waals surface area contributed by atoms with E-state index in [1.165, 1.54) is 12.1 Å². The molecule has 2 atom stereocenters. The summed E-state index contributed by atoms with van der Waals surface area (Å²) in [5.74, 6) is -3.33. The number of rotatable bonds is 3. The van der Waals surface area contributed by atoms with Crippen LogP contribution in [0.4, 0.5) is 10.1 Å². The quantitative estimate of drug-likeness (QED) is 0.872. The van der Waals surface area contributed by atoms with Crippen LogP contribution in [0.1, 0.15) is 6.42 Å². The SMILES string of the molecule is O=C(O)[C@H]1C[C@H]1C(=O)Nc1cc(Cl)ccc1F. The number of carbonyl (C=O) groups excluding carboxylic acids is 1. The molecule has 1 fully saturated rings. The van der Waals surface area contributed by atoms with Gasteiger partial charge in [-0.15, -0.1) is 0 Å². The van der Waals surface area contributed by atoms with Crippen molar-refractivity contribution in [2.45, 2.75) is 6.42 Å². The summed E-state index contributed by atoms with van der Waals surface area (Å²) in [4.78, 5) is 22.1. The van der Waals surface area contributed by atoms with Gasteiger partial charge >= 0.3 is 5.97 Å². The Morgan fingerprint density at radius 3 is 2.71 bits per heavy atom. The first-order valence-electron chi connectivity index (χ1n) is 4.98. The minimum Gasteiger partial charge on any atom is -0.481 e. The highest BCUT2D eigenvalue weighted by Crippen LogP contribution is 2.39. The third-order valence-electron chi connectivity index (χ3n) is 2.63. The van der Waals surface area contributed by atoms with Gasteiger partial charge in [-0.3, -0.25) is 9.59 Å². The Balaban J connectivity index is 2.04. The van der Waals surface area contributed by atoms with Gasteiger partial charge in [-0.1, -0.05) is 11.6 Å². The summed E-state index contributed by atoms with van der Waals surface area (Å²) in [6.45, 7) is 0. The lowest BCUT2D eigenvalue weighted by molar-refractivity contribution is -0.139. The maximum absolute atomic E-state index is 13.3. The summed E-state index contributed by atoms with van der Waals surface area (Å²) in [5, 5.41) is 11.3. The Morgan fingerprint density at radius 1 is 1.41 bits per heavy atom. The van der Waals surface area contributed by atoms with Crippen LogP contribution in [-0.4, -0.2) is 17.0 Å². The zero-order valence-electron chi connectivity index (χ0n) is 8.61. The molecule has 1 aliphatic carbocycles. The molecule has 90 valence electrons. The molecule has 1 amide bonds. The molecule has 0 aromatic heterocycles. The van der Waals surface area contributed by atoms with Gasteiger partial charge < -0.3 is 10.4 Å². The monoisotopic (exact) mass is 257 g/mol. The van der Waals surface area contributed by atoms with Crippen LogP contribution in [0.5, 0.6) is 0 Å². The molecule has 0 heterocycles. The van der Waals surface area contributed by atoms with Crippen LogP contribution in [0.15, 0.2) is 18.2 Å². The standard InChI is InChI=1S/C11H9ClFNO3/c12-5-1-2-8(13)9(3-5)14-10(15)6-4-7(6)11(16)17/h1-3,6-7H,4H2,(H,14,15)(H,16,17)/t6-,7+/m1/s1. The molecule has 2 rings (SSSR count). The molecule has 1 aromatic rings. The van der Waals surface area contributed by atoms with Crippen LogP contribution in [0.25, 0.3) is 0 Å². The van der Waals surface area contributed by atoms with Gasteiger partial charge in [0.2, 0.25) is 5.91 Å². The van der Waals surface area contributed by atoms with E-state index in [9.17, 15) is 14.0 Å². The van der Waals surface area contributed by atoms with Crippen molar-refractivity contribution in [3.05, 3.63) is 29.0 Å². The van der Waals surface area contributed by atoms with Crippen molar-refractivity contribution in [1.82, 2.24) is 0 Å². The molecule has 0 aliphatic heterocycles. The van der Waals surface area contributed by atoms with Gasteiger partial charge in [-0.05, 0) is 24.6 Å². The first-order chi connectivity index (χ1) is 7.99. The normalized spacial score (nSPS) is 22.0. The van der Waals surface area contributed by atoms with Gasteiger partial charge in [-0.2, -0.15) is 0 Å². The summed E-state index contributed by atoms with van der Waals surface area (Å²) in [7, 11) is 0. The number of carboxylic acid groups (broad SMARTS) is 1. The average molecular weight is 258 g/mol. The van der Waals surface area contributed by atoms with E-state index in [2.05, 4.69) is 5.32 Å². The predicted molar refractivity (Wildman–Crippen MR) is 59.3 cm³/mol. The number of carboxylic acids is 1. The fourth-order valence-corrected chi connectivity index (χ4v) is 1.75. The van der Waals surface area contributed by atoms with Crippen molar-refractivity contribution < 1.29 is 19.1 Å². The Labute approximate surface area is 101 Å². The number of anilines is 1. The number of amides is 1. The molecule has 0 bridgehead atoms. The zero-order valence-corrected chi connectivity index (χ0v) is 9.37. The summed E-state index contributed by atoms with van der Waals surface area (Å²) < 4.78 is 13.3. The van der Waals surface area contributed by atoms with Crippen LogP contribution in [0.3, 0.4) is 0 Å². The second kappa shape index (κ2) is 4.33. The highest BCUT2D eigenvalue weighted by molar-refractivity contribution is 6.30. The number of aliphatic carboxylic acids is 1. The molecule has 6 heteroatoms. The lowest BCUT2D eigenvalue weighted by atomic mass is 10.2. The van der Waals surface area contributed by atoms with Crippen LogP contribution in [0, 0.1) is 17.7 Å². The predicted octanol–water partition coefficient (Wildman–Crippen LogP) is 2.14. The van der Waals surface area contributed by atoms with Gasteiger partial charge in [-0.25, -0.2) is 4.39 Å². The molecule has 0 saturated heterocycles. The van der Waals surface area contributed by atoms with Crippen molar-refractivity contribution in [3.63, 3.8) is 0 Å². The average Bonchev–Trinajstić information content (AvgIpc) is 3.03. The van der Waals surface area contributed by atoms with Crippen LogP contribution >= 0.6 is 11.6 Å². The number of hydrogen-bond acceptors (Lipinski definition) is 2. The second-order valence-electron chi connectivity index (χ2n) is 3.90. The number of halogens is 2. The van der Waals surface area contributed by atoms with Crippen molar-refractivity contribution in [3.8, 4) is 0 Å². The molecule has 2 N–H and O–H groups in total. The molecule has 0 spiro atoms. The van der Waals surface area contributed by atoms with Gasteiger partial charge in [0, 0.05) is 5.02 Å². The van der Waals surface area contributed by atoms with Crippen molar-refractivity contribution in [2.75, 3.05) is 5.32 Å². The fourth-order valence-electron chi connectivity index (χ4n) is 1.58. The molecular formula is C11H9ClFNO3.